The largest absolute Gasteiger partial charge is 0.491 e. The van der Waals surface area contributed by atoms with Crippen LogP contribution in [0.15, 0.2) is 24.3 Å². The molecule has 5 heteroatoms. The van der Waals surface area contributed by atoms with Crippen molar-refractivity contribution in [3.05, 3.63) is 29.8 Å². The van der Waals surface area contributed by atoms with Crippen LogP contribution in [0.1, 0.15) is 18.9 Å². The molecule has 1 aliphatic heterocycles. The lowest BCUT2D eigenvalue weighted by Crippen LogP contribution is -2.41. The minimum Gasteiger partial charge on any atom is -0.491 e. The SMILES string of the molecule is CC1CCOCCN1CC(O)COc1ccc(C#N)cc1. The quantitative estimate of drug-likeness (QED) is 0.888. The van der Waals surface area contributed by atoms with Gasteiger partial charge in [-0.25, -0.2) is 0 Å². The van der Waals surface area contributed by atoms with Crippen molar-refractivity contribution in [2.24, 2.45) is 0 Å². The summed E-state index contributed by atoms with van der Waals surface area (Å²) in [6.07, 6.45) is 0.449. The van der Waals surface area contributed by atoms with Crippen molar-refractivity contribution in [3.63, 3.8) is 0 Å². The van der Waals surface area contributed by atoms with Crippen LogP contribution in [0.4, 0.5) is 0 Å². The van der Waals surface area contributed by atoms with Crippen LogP contribution in [-0.4, -0.2) is 55.1 Å². The van der Waals surface area contributed by atoms with E-state index in [1.165, 1.54) is 0 Å². The zero-order chi connectivity index (χ0) is 15.1. The summed E-state index contributed by atoms with van der Waals surface area (Å²) in [6.45, 7) is 5.33. The maximum atomic E-state index is 10.1. The van der Waals surface area contributed by atoms with Crippen molar-refractivity contribution in [2.75, 3.05) is 32.9 Å². The molecule has 0 radical (unpaired) electrons. The van der Waals surface area contributed by atoms with Crippen LogP contribution in [0.3, 0.4) is 0 Å². The van der Waals surface area contributed by atoms with E-state index < -0.39 is 6.10 Å². The molecule has 1 saturated heterocycles. The lowest BCUT2D eigenvalue weighted by molar-refractivity contribution is 0.0544. The van der Waals surface area contributed by atoms with E-state index in [2.05, 4.69) is 17.9 Å². The average molecular weight is 290 g/mol. The van der Waals surface area contributed by atoms with Crippen molar-refractivity contribution in [1.82, 2.24) is 4.90 Å². The Kier molecular flexibility index (Phi) is 6.00. The number of hydrogen-bond acceptors (Lipinski definition) is 5. The molecule has 0 saturated carbocycles. The van der Waals surface area contributed by atoms with E-state index in [9.17, 15) is 5.11 Å². The van der Waals surface area contributed by atoms with Gasteiger partial charge in [0, 0.05) is 25.7 Å². The van der Waals surface area contributed by atoms with E-state index in [0.29, 0.717) is 30.5 Å². The Morgan fingerprint density at radius 2 is 2.19 bits per heavy atom. The highest BCUT2D eigenvalue weighted by Crippen LogP contribution is 2.13. The number of rotatable bonds is 5. The molecule has 0 aromatic heterocycles. The number of nitriles is 1. The molecular weight excluding hydrogens is 268 g/mol. The average Bonchev–Trinajstić information content (AvgIpc) is 2.71. The first kappa shape index (κ1) is 15.8. The fourth-order valence-corrected chi connectivity index (χ4v) is 2.35. The van der Waals surface area contributed by atoms with E-state index in [4.69, 9.17) is 14.7 Å². The molecule has 1 N–H and O–H groups in total. The maximum absolute atomic E-state index is 10.1. The third-order valence-corrected chi connectivity index (χ3v) is 3.70. The number of benzene rings is 1. The summed E-state index contributed by atoms with van der Waals surface area (Å²) in [5, 5.41) is 18.8. The van der Waals surface area contributed by atoms with Crippen molar-refractivity contribution < 1.29 is 14.6 Å². The van der Waals surface area contributed by atoms with E-state index in [-0.39, 0.29) is 6.61 Å². The highest BCUT2D eigenvalue weighted by Gasteiger charge is 2.20. The second-order valence-corrected chi connectivity index (χ2v) is 5.35. The Hall–Kier alpha value is -1.61. The summed E-state index contributed by atoms with van der Waals surface area (Å²) in [5.41, 5.74) is 0.598. The van der Waals surface area contributed by atoms with Gasteiger partial charge in [-0.2, -0.15) is 5.26 Å². The van der Waals surface area contributed by atoms with E-state index in [1.54, 1.807) is 24.3 Å². The highest BCUT2D eigenvalue weighted by molar-refractivity contribution is 5.34. The van der Waals surface area contributed by atoms with Crippen LogP contribution >= 0.6 is 0 Å². The van der Waals surface area contributed by atoms with Crippen molar-refractivity contribution in [2.45, 2.75) is 25.5 Å². The van der Waals surface area contributed by atoms with Crippen LogP contribution in [-0.2, 0) is 4.74 Å². The van der Waals surface area contributed by atoms with Crippen molar-refractivity contribution in [3.8, 4) is 11.8 Å². The standard InChI is InChI=1S/C16H22N2O3/c1-13-6-8-20-9-7-18(13)11-15(19)12-21-16-4-2-14(10-17)3-5-16/h2-5,13,15,19H,6-9,11-12H2,1H3. The number of aliphatic hydroxyl groups is 1. The van der Waals surface area contributed by atoms with Crippen LogP contribution in [0, 0.1) is 11.3 Å². The molecule has 1 heterocycles. The second kappa shape index (κ2) is 7.99. The molecule has 2 atom stereocenters. The predicted octanol–water partition coefficient (Wildman–Crippen LogP) is 1.41. The van der Waals surface area contributed by atoms with Gasteiger partial charge in [0.05, 0.1) is 18.2 Å². The molecule has 2 unspecified atom stereocenters. The lowest BCUT2D eigenvalue weighted by atomic mass is 10.2. The highest BCUT2D eigenvalue weighted by atomic mass is 16.5. The Bertz CT molecular complexity index is 469. The van der Waals surface area contributed by atoms with Gasteiger partial charge in [0.25, 0.3) is 0 Å². The summed E-state index contributed by atoms with van der Waals surface area (Å²) < 4.78 is 11.0. The third-order valence-electron chi connectivity index (χ3n) is 3.70. The lowest BCUT2D eigenvalue weighted by Gasteiger charge is -2.28. The molecule has 114 valence electrons. The Balaban J connectivity index is 1.78. The number of ether oxygens (including phenoxy) is 2. The molecule has 0 aliphatic carbocycles. The Labute approximate surface area is 125 Å². The normalized spacial score (nSPS) is 21.3. The molecular formula is C16H22N2O3. The summed E-state index contributed by atoms with van der Waals surface area (Å²) >= 11 is 0. The number of β-amino-alcohol motifs (C(OH)–C–C–N with tert-alkyl or cyclic N) is 1. The summed E-state index contributed by atoms with van der Waals surface area (Å²) in [4.78, 5) is 2.24. The zero-order valence-corrected chi connectivity index (χ0v) is 12.4. The van der Waals surface area contributed by atoms with Crippen LogP contribution < -0.4 is 4.74 Å². The van der Waals surface area contributed by atoms with Gasteiger partial charge in [-0.05, 0) is 37.6 Å². The number of hydrogen-bond donors (Lipinski definition) is 1. The monoisotopic (exact) mass is 290 g/mol. The van der Waals surface area contributed by atoms with Crippen molar-refractivity contribution >= 4 is 0 Å². The first-order chi connectivity index (χ1) is 10.2. The molecule has 0 spiro atoms. The molecule has 1 aromatic rings. The fraction of sp³-hybridized carbons (Fsp3) is 0.562. The topological polar surface area (TPSA) is 65.7 Å². The fourth-order valence-electron chi connectivity index (χ4n) is 2.35. The molecule has 21 heavy (non-hydrogen) atoms. The van der Waals surface area contributed by atoms with Gasteiger partial charge in [-0.3, -0.25) is 4.90 Å². The molecule has 0 amide bonds. The molecule has 0 bridgehead atoms. The second-order valence-electron chi connectivity index (χ2n) is 5.35. The Morgan fingerprint density at radius 3 is 2.90 bits per heavy atom. The van der Waals surface area contributed by atoms with Crippen LogP contribution in [0.25, 0.3) is 0 Å². The summed E-state index contributed by atoms with van der Waals surface area (Å²) in [7, 11) is 0. The van der Waals surface area contributed by atoms with Gasteiger partial charge < -0.3 is 14.6 Å². The molecule has 2 rings (SSSR count). The molecule has 1 aromatic carbocycles. The molecule has 5 nitrogen and oxygen atoms in total. The summed E-state index contributed by atoms with van der Waals surface area (Å²) in [5.74, 6) is 0.667. The van der Waals surface area contributed by atoms with E-state index in [0.717, 1.165) is 19.6 Å². The van der Waals surface area contributed by atoms with Crippen LogP contribution in [0.5, 0.6) is 5.75 Å². The smallest absolute Gasteiger partial charge is 0.119 e. The Morgan fingerprint density at radius 1 is 1.43 bits per heavy atom. The van der Waals surface area contributed by atoms with Crippen molar-refractivity contribution in [1.29, 1.82) is 5.26 Å². The first-order valence-electron chi connectivity index (χ1n) is 7.32. The first-order valence-corrected chi connectivity index (χ1v) is 7.32. The van der Waals surface area contributed by atoms with Gasteiger partial charge in [0.2, 0.25) is 0 Å². The molecule has 1 fully saturated rings. The number of nitrogens with zero attached hydrogens (tertiary/aromatic N) is 2. The minimum atomic E-state index is -0.541. The minimum absolute atomic E-state index is 0.246. The maximum Gasteiger partial charge on any atom is 0.119 e. The third kappa shape index (κ3) is 5.01. The van der Waals surface area contributed by atoms with Gasteiger partial charge in [0.1, 0.15) is 18.5 Å². The van der Waals surface area contributed by atoms with Crippen LogP contribution in [0.2, 0.25) is 0 Å². The van der Waals surface area contributed by atoms with Gasteiger partial charge in [-0.15, -0.1) is 0 Å². The summed E-state index contributed by atoms with van der Waals surface area (Å²) in [6, 6.07) is 9.37. The van der Waals surface area contributed by atoms with Gasteiger partial charge in [-0.1, -0.05) is 0 Å². The van der Waals surface area contributed by atoms with E-state index >= 15 is 0 Å². The number of aliphatic hydroxyl groups excluding tert-OH is 1. The van der Waals surface area contributed by atoms with Gasteiger partial charge in [0.15, 0.2) is 0 Å². The van der Waals surface area contributed by atoms with E-state index in [1.807, 2.05) is 0 Å². The predicted molar refractivity (Wildman–Crippen MR) is 79.1 cm³/mol. The zero-order valence-electron chi connectivity index (χ0n) is 12.4. The molecule has 1 aliphatic rings. The van der Waals surface area contributed by atoms with Gasteiger partial charge >= 0.3 is 0 Å².